The molecule has 1 aliphatic rings. The van der Waals surface area contributed by atoms with Gasteiger partial charge in [0, 0.05) is 0 Å². The van der Waals surface area contributed by atoms with Crippen LogP contribution < -0.4 is 14.2 Å². The summed E-state index contributed by atoms with van der Waals surface area (Å²) in [5.74, 6) is 1.23. The molecule has 3 aromatic rings. The Kier molecular flexibility index (Phi) is 8.46. The van der Waals surface area contributed by atoms with Crippen molar-refractivity contribution in [3.05, 3.63) is 92.3 Å². The molecule has 1 fully saturated rings. The molecule has 2 amide bonds. The molecule has 0 spiro atoms. The molecule has 1 heterocycles. The van der Waals surface area contributed by atoms with Gasteiger partial charge < -0.3 is 14.2 Å². The molecule has 3 aromatic carbocycles. The summed E-state index contributed by atoms with van der Waals surface area (Å²) < 4.78 is 17.3. The lowest BCUT2D eigenvalue weighted by molar-refractivity contribution is -0.123. The van der Waals surface area contributed by atoms with Crippen molar-refractivity contribution in [2.45, 2.75) is 27.4 Å². The summed E-state index contributed by atoms with van der Waals surface area (Å²) in [6.45, 7) is 6.66. The summed E-state index contributed by atoms with van der Waals surface area (Å²) in [6.07, 6.45) is 1.63. The molecule has 0 saturated carbocycles. The maximum Gasteiger partial charge on any atom is 0.293 e. The molecule has 0 bridgehead atoms. The van der Waals surface area contributed by atoms with Gasteiger partial charge in [0.15, 0.2) is 11.5 Å². The number of hydrogen-bond acceptors (Lipinski definition) is 6. The van der Waals surface area contributed by atoms with E-state index in [0.29, 0.717) is 33.6 Å². The number of carbonyl (C=O) groups is 2. The third-order valence-corrected chi connectivity index (χ3v) is 7.16. The summed E-state index contributed by atoms with van der Waals surface area (Å²) in [5.41, 5.74) is 4.86. The van der Waals surface area contributed by atoms with Gasteiger partial charge in [0.25, 0.3) is 11.1 Å². The van der Waals surface area contributed by atoms with Crippen molar-refractivity contribution in [1.29, 1.82) is 0 Å². The highest BCUT2D eigenvalue weighted by molar-refractivity contribution is 8.18. The molecule has 1 saturated heterocycles. The summed E-state index contributed by atoms with van der Waals surface area (Å²) in [6, 6.07) is 17.3. The first-order valence-electron chi connectivity index (χ1n) is 11.8. The summed E-state index contributed by atoms with van der Waals surface area (Å²) >= 11 is 7.42. The van der Waals surface area contributed by atoms with Crippen LogP contribution in [0.15, 0.2) is 59.5 Å². The summed E-state index contributed by atoms with van der Waals surface area (Å²) in [7, 11) is 1.53. The first-order chi connectivity index (χ1) is 17.8. The number of amides is 2. The van der Waals surface area contributed by atoms with Gasteiger partial charge in [-0.05, 0) is 84.6 Å². The highest BCUT2D eigenvalue weighted by Crippen LogP contribution is 2.39. The SMILES string of the molecule is COc1cc(/C=C2\SC(=O)N(CCOc3cc(C)ccc3C)C2=O)cc(Cl)c1OCc1ccccc1C. The average Bonchev–Trinajstić information content (AvgIpc) is 3.13. The van der Waals surface area contributed by atoms with Crippen LogP contribution in [-0.4, -0.2) is 36.3 Å². The van der Waals surface area contributed by atoms with E-state index in [-0.39, 0.29) is 24.3 Å². The third-order valence-electron chi connectivity index (χ3n) is 5.97. The maximum atomic E-state index is 13.0. The number of hydrogen-bond donors (Lipinski definition) is 0. The minimum absolute atomic E-state index is 0.158. The van der Waals surface area contributed by atoms with E-state index in [0.717, 1.165) is 39.8 Å². The van der Waals surface area contributed by atoms with E-state index in [1.807, 2.05) is 63.2 Å². The Hall–Kier alpha value is -3.42. The van der Waals surface area contributed by atoms with Gasteiger partial charge in [0.1, 0.15) is 19.0 Å². The first kappa shape index (κ1) is 26.6. The second-order valence-electron chi connectivity index (χ2n) is 8.70. The van der Waals surface area contributed by atoms with Crippen LogP contribution in [0.25, 0.3) is 6.08 Å². The summed E-state index contributed by atoms with van der Waals surface area (Å²) in [5, 5.41) is 0.0115. The molecular weight excluding hydrogens is 510 g/mol. The van der Waals surface area contributed by atoms with Crippen molar-refractivity contribution in [2.75, 3.05) is 20.3 Å². The number of halogens is 1. The Morgan fingerprint density at radius 3 is 2.49 bits per heavy atom. The van der Waals surface area contributed by atoms with Crippen LogP contribution >= 0.6 is 23.4 Å². The predicted molar refractivity (Wildman–Crippen MR) is 148 cm³/mol. The lowest BCUT2D eigenvalue weighted by atomic mass is 10.1. The fraction of sp³-hybridized carbons (Fsp3) is 0.241. The van der Waals surface area contributed by atoms with E-state index < -0.39 is 0 Å². The number of benzene rings is 3. The smallest absolute Gasteiger partial charge is 0.293 e. The largest absolute Gasteiger partial charge is 0.493 e. The number of ether oxygens (including phenoxy) is 3. The first-order valence-corrected chi connectivity index (χ1v) is 13.0. The van der Waals surface area contributed by atoms with E-state index in [2.05, 4.69) is 0 Å². The molecule has 0 N–H and O–H groups in total. The number of methoxy groups -OCH3 is 1. The molecule has 0 radical (unpaired) electrons. The minimum Gasteiger partial charge on any atom is -0.493 e. The molecule has 4 rings (SSSR count). The molecule has 1 aliphatic heterocycles. The van der Waals surface area contributed by atoms with E-state index >= 15 is 0 Å². The zero-order valence-electron chi connectivity index (χ0n) is 21.2. The normalized spacial score (nSPS) is 14.4. The van der Waals surface area contributed by atoms with E-state index in [1.165, 1.54) is 12.0 Å². The molecule has 37 heavy (non-hydrogen) atoms. The van der Waals surface area contributed by atoms with Crippen LogP contribution in [0.2, 0.25) is 5.02 Å². The number of carbonyl (C=O) groups excluding carboxylic acids is 2. The highest BCUT2D eigenvalue weighted by Gasteiger charge is 2.35. The molecule has 0 unspecified atom stereocenters. The fourth-order valence-corrected chi connectivity index (χ4v) is 4.98. The predicted octanol–water partition coefficient (Wildman–Crippen LogP) is 6.97. The lowest BCUT2D eigenvalue weighted by Crippen LogP contribution is -2.32. The van der Waals surface area contributed by atoms with E-state index in [1.54, 1.807) is 18.2 Å². The topological polar surface area (TPSA) is 65.1 Å². The molecule has 8 heteroatoms. The van der Waals surface area contributed by atoms with Gasteiger partial charge in [0.2, 0.25) is 0 Å². The molecule has 6 nitrogen and oxygen atoms in total. The lowest BCUT2D eigenvalue weighted by Gasteiger charge is -2.15. The Morgan fingerprint density at radius 2 is 1.73 bits per heavy atom. The molecule has 0 atom stereocenters. The van der Waals surface area contributed by atoms with Crippen LogP contribution in [0.4, 0.5) is 4.79 Å². The number of imide groups is 1. The van der Waals surface area contributed by atoms with Crippen LogP contribution in [0.1, 0.15) is 27.8 Å². The third kappa shape index (κ3) is 6.29. The van der Waals surface area contributed by atoms with Crippen molar-refractivity contribution >= 4 is 40.6 Å². The second kappa shape index (κ2) is 11.8. The molecule has 0 aromatic heterocycles. The maximum absolute atomic E-state index is 13.0. The molecule has 192 valence electrons. The second-order valence-corrected chi connectivity index (χ2v) is 10.1. The van der Waals surface area contributed by atoms with Crippen molar-refractivity contribution in [3.8, 4) is 17.2 Å². The van der Waals surface area contributed by atoms with Crippen molar-refractivity contribution in [1.82, 2.24) is 4.90 Å². The quantitative estimate of drug-likeness (QED) is 0.275. The Bertz CT molecular complexity index is 1370. The number of nitrogens with zero attached hydrogens (tertiary/aromatic N) is 1. The number of thioether (sulfide) groups is 1. The standard InChI is InChI=1S/C29H28ClNO5S/c1-18-9-10-20(3)24(13-18)35-12-11-31-28(32)26(37-29(31)33)16-21-14-23(30)27(25(15-21)34-4)36-17-22-8-6-5-7-19(22)2/h5-10,13-16H,11-12,17H2,1-4H3/b26-16-. The molecule has 0 aliphatic carbocycles. The monoisotopic (exact) mass is 537 g/mol. The molecular formula is C29H28ClNO5S. The van der Waals surface area contributed by atoms with E-state index in [4.69, 9.17) is 25.8 Å². The van der Waals surface area contributed by atoms with Crippen molar-refractivity contribution in [2.24, 2.45) is 0 Å². The van der Waals surface area contributed by atoms with Crippen molar-refractivity contribution < 1.29 is 23.8 Å². The van der Waals surface area contributed by atoms with Gasteiger partial charge >= 0.3 is 0 Å². The van der Waals surface area contributed by atoms with Crippen LogP contribution in [-0.2, 0) is 11.4 Å². The average molecular weight is 538 g/mol. The Morgan fingerprint density at radius 1 is 0.946 bits per heavy atom. The highest BCUT2D eigenvalue weighted by atomic mass is 35.5. The van der Waals surface area contributed by atoms with E-state index in [9.17, 15) is 9.59 Å². The Labute approximate surface area is 226 Å². The van der Waals surface area contributed by atoms with Gasteiger partial charge in [-0.3, -0.25) is 14.5 Å². The zero-order chi connectivity index (χ0) is 26.5. The van der Waals surface area contributed by atoms with Crippen LogP contribution in [0, 0.1) is 20.8 Å². The van der Waals surface area contributed by atoms with Gasteiger partial charge in [0.05, 0.1) is 23.6 Å². The zero-order valence-corrected chi connectivity index (χ0v) is 22.7. The van der Waals surface area contributed by atoms with Crippen molar-refractivity contribution in [3.63, 3.8) is 0 Å². The minimum atomic E-state index is -0.366. The number of aryl methyl sites for hydroxylation is 3. The van der Waals surface area contributed by atoms with Crippen LogP contribution in [0.3, 0.4) is 0 Å². The fourth-order valence-electron chi connectivity index (χ4n) is 3.84. The van der Waals surface area contributed by atoms with Gasteiger partial charge in [-0.15, -0.1) is 0 Å². The number of rotatable bonds is 9. The van der Waals surface area contributed by atoms with Crippen LogP contribution in [0.5, 0.6) is 17.2 Å². The Balaban J connectivity index is 1.45. The van der Waals surface area contributed by atoms with Gasteiger partial charge in [-0.1, -0.05) is 48.0 Å². The van der Waals surface area contributed by atoms with Gasteiger partial charge in [-0.2, -0.15) is 0 Å². The summed E-state index contributed by atoms with van der Waals surface area (Å²) in [4.78, 5) is 27.0. The van der Waals surface area contributed by atoms with Gasteiger partial charge in [-0.25, -0.2) is 0 Å².